The molecule has 1 fully saturated rings. The number of hydrogen-bond donors (Lipinski definition) is 0. The van der Waals surface area contributed by atoms with Gasteiger partial charge < -0.3 is 9.13 Å². The molecule has 7 heteroatoms. The maximum absolute atomic E-state index is 6.06. The molecule has 0 N–H and O–H groups in total. The van der Waals surface area contributed by atoms with Gasteiger partial charge in [0.1, 0.15) is 11.6 Å². The quantitative estimate of drug-likeness (QED) is 0.654. The second kappa shape index (κ2) is 5.83. The molecule has 0 saturated heterocycles. The third-order valence-corrected chi connectivity index (χ3v) is 5.47. The molecule has 0 bridgehead atoms. The first kappa shape index (κ1) is 15.0. The van der Waals surface area contributed by atoms with Crippen LogP contribution in [0.3, 0.4) is 0 Å². The summed E-state index contributed by atoms with van der Waals surface area (Å²) in [6, 6.07) is 5.82. The number of benzene rings is 1. The predicted octanol–water partition coefficient (Wildman–Crippen LogP) is 4.01. The van der Waals surface area contributed by atoms with Crippen LogP contribution in [0.5, 0.6) is 0 Å². The number of imidazole rings is 1. The summed E-state index contributed by atoms with van der Waals surface area (Å²) in [5, 5.41) is 10.5. The zero-order valence-corrected chi connectivity index (χ0v) is 14.7. The minimum absolute atomic E-state index is 0.620. The van der Waals surface area contributed by atoms with Gasteiger partial charge >= 0.3 is 0 Å². The molecule has 0 aliphatic heterocycles. The largest absolute Gasteiger partial charge is 0.330 e. The van der Waals surface area contributed by atoms with Crippen LogP contribution in [0.2, 0.25) is 5.02 Å². The highest BCUT2D eigenvalue weighted by atomic mass is 35.5. The normalized spacial score (nSPS) is 14.7. The van der Waals surface area contributed by atoms with Gasteiger partial charge in [-0.1, -0.05) is 23.4 Å². The summed E-state index contributed by atoms with van der Waals surface area (Å²) in [6.07, 6.45) is 2.49. The minimum Gasteiger partial charge on any atom is -0.330 e. The van der Waals surface area contributed by atoms with Crippen molar-refractivity contribution in [1.82, 2.24) is 24.3 Å². The van der Waals surface area contributed by atoms with Gasteiger partial charge in [-0.3, -0.25) is 0 Å². The Morgan fingerprint density at radius 3 is 2.87 bits per heavy atom. The summed E-state index contributed by atoms with van der Waals surface area (Å²) in [5.74, 6) is 3.55. The van der Waals surface area contributed by atoms with Crippen LogP contribution in [0.1, 0.15) is 37.3 Å². The Morgan fingerprint density at radius 1 is 1.30 bits per heavy atom. The Bertz CT molecular complexity index is 865. The lowest BCUT2D eigenvalue weighted by Crippen LogP contribution is -2.02. The lowest BCUT2D eigenvalue weighted by atomic mass is 10.3. The molecule has 0 spiro atoms. The molecule has 1 saturated carbocycles. The average Bonchev–Trinajstić information content (AvgIpc) is 3.23. The molecule has 0 amide bonds. The van der Waals surface area contributed by atoms with Crippen molar-refractivity contribution < 1.29 is 0 Å². The van der Waals surface area contributed by atoms with Gasteiger partial charge in [-0.05, 0) is 38.0 Å². The number of aromatic nitrogens is 5. The van der Waals surface area contributed by atoms with E-state index in [1.165, 1.54) is 12.8 Å². The van der Waals surface area contributed by atoms with Crippen LogP contribution in [0.4, 0.5) is 0 Å². The number of fused-ring (bicyclic) bond motifs is 1. The highest BCUT2D eigenvalue weighted by Gasteiger charge is 2.30. The molecule has 0 unspecified atom stereocenters. The summed E-state index contributed by atoms with van der Waals surface area (Å²) in [7, 11) is 2.04. The van der Waals surface area contributed by atoms with Crippen molar-refractivity contribution in [3.05, 3.63) is 34.9 Å². The van der Waals surface area contributed by atoms with E-state index in [0.29, 0.717) is 5.92 Å². The van der Waals surface area contributed by atoms with E-state index in [1.807, 2.05) is 25.2 Å². The molecule has 1 aromatic carbocycles. The predicted molar refractivity (Wildman–Crippen MR) is 93.0 cm³/mol. The van der Waals surface area contributed by atoms with E-state index < -0.39 is 0 Å². The Kier molecular flexibility index (Phi) is 3.81. The van der Waals surface area contributed by atoms with Gasteiger partial charge in [0.05, 0.1) is 16.8 Å². The third kappa shape index (κ3) is 2.74. The highest BCUT2D eigenvalue weighted by Crippen LogP contribution is 2.40. The van der Waals surface area contributed by atoms with E-state index in [2.05, 4.69) is 26.3 Å². The van der Waals surface area contributed by atoms with Crippen LogP contribution in [0, 0.1) is 0 Å². The maximum atomic E-state index is 6.06. The first-order chi connectivity index (χ1) is 11.2. The molecule has 1 aliphatic carbocycles. The van der Waals surface area contributed by atoms with Crippen LogP contribution in [0.15, 0.2) is 23.4 Å². The van der Waals surface area contributed by atoms with E-state index in [1.54, 1.807) is 11.8 Å². The number of rotatable bonds is 5. The van der Waals surface area contributed by atoms with Crippen LogP contribution in [0.25, 0.3) is 11.0 Å². The van der Waals surface area contributed by atoms with Crippen LogP contribution in [-0.2, 0) is 19.3 Å². The fraction of sp³-hybridized carbons (Fsp3) is 0.438. The molecule has 0 atom stereocenters. The Labute approximate surface area is 144 Å². The summed E-state index contributed by atoms with van der Waals surface area (Å²) in [4.78, 5) is 4.70. The molecule has 2 heterocycles. The van der Waals surface area contributed by atoms with Crippen LogP contribution < -0.4 is 0 Å². The second-order valence-corrected chi connectivity index (χ2v) is 7.25. The van der Waals surface area contributed by atoms with Crippen molar-refractivity contribution in [1.29, 1.82) is 0 Å². The van der Waals surface area contributed by atoms with Crippen molar-refractivity contribution in [2.75, 3.05) is 0 Å². The number of thioether (sulfide) groups is 1. The van der Waals surface area contributed by atoms with Crippen molar-refractivity contribution in [2.45, 2.75) is 43.1 Å². The molecule has 3 aromatic rings. The van der Waals surface area contributed by atoms with Crippen molar-refractivity contribution in [2.24, 2.45) is 7.05 Å². The molecular weight excluding hydrogens is 330 g/mol. The van der Waals surface area contributed by atoms with Gasteiger partial charge in [0.2, 0.25) is 0 Å². The molecular formula is C16H18ClN5S. The second-order valence-electron chi connectivity index (χ2n) is 5.87. The van der Waals surface area contributed by atoms with Gasteiger partial charge in [0.25, 0.3) is 0 Å². The Morgan fingerprint density at radius 2 is 2.13 bits per heavy atom. The third-order valence-electron chi connectivity index (χ3n) is 4.27. The summed E-state index contributed by atoms with van der Waals surface area (Å²) < 4.78 is 4.36. The lowest BCUT2D eigenvalue weighted by molar-refractivity contribution is 0.643. The fourth-order valence-corrected chi connectivity index (χ4v) is 3.99. The number of halogens is 1. The van der Waals surface area contributed by atoms with E-state index in [0.717, 1.165) is 45.2 Å². The fourth-order valence-electron chi connectivity index (χ4n) is 2.83. The molecule has 2 aromatic heterocycles. The van der Waals surface area contributed by atoms with Gasteiger partial charge in [0, 0.05) is 24.5 Å². The van der Waals surface area contributed by atoms with E-state index in [4.69, 9.17) is 16.6 Å². The lowest BCUT2D eigenvalue weighted by Gasteiger charge is -2.06. The zero-order chi connectivity index (χ0) is 16.0. The average molecular weight is 348 g/mol. The van der Waals surface area contributed by atoms with E-state index in [9.17, 15) is 0 Å². The number of aryl methyl sites for hydroxylation is 1. The maximum Gasteiger partial charge on any atom is 0.191 e. The number of hydrogen-bond acceptors (Lipinski definition) is 4. The van der Waals surface area contributed by atoms with Crippen LogP contribution >= 0.6 is 23.4 Å². The standard InChI is InChI=1S/C16H18ClN5S/c1-3-22-15(10-4-5-10)19-20-16(22)23-9-14-18-12-8-11(17)6-7-13(12)21(14)2/h6-8,10H,3-5,9H2,1-2H3. The summed E-state index contributed by atoms with van der Waals surface area (Å²) in [5.41, 5.74) is 2.03. The van der Waals surface area contributed by atoms with Gasteiger partial charge in [-0.15, -0.1) is 10.2 Å². The minimum atomic E-state index is 0.620. The van der Waals surface area contributed by atoms with Crippen LogP contribution in [-0.4, -0.2) is 24.3 Å². The van der Waals surface area contributed by atoms with Gasteiger partial charge in [-0.25, -0.2) is 4.98 Å². The topological polar surface area (TPSA) is 48.5 Å². The molecule has 23 heavy (non-hydrogen) atoms. The van der Waals surface area contributed by atoms with Crippen molar-refractivity contribution >= 4 is 34.4 Å². The van der Waals surface area contributed by atoms with E-state index >= 15 is 0 Å². The number of nitrogens with zero attached hydrogens (tertiary/aromatic N) is 5. The molecule has 1 aliphatic rings. The summed E-state index contributed by atoms with van der Waals surface area (Å²) in [6.45, 7) is 3.07. The van der Waals surface area contributed by atoms with Crippen molar-refractivity contribution in [3.63, 3.8) is 0 Å². The zero-order valence-electron chi connectivity index (χ0n) is 13.2. The Hall–Kier alpha value is -1.53. The smallest absolute Gasteiger partial charge is 0.191 e. The monoisotopic (exact) mass is 347 g/mol. The SMILES string of the molecule is CCn1c(SCc2nc3cc(Cl)ccc3n2C)nnc1C1CC1. The molecule has 5 nitrogen and oxygen atoms in total. The molecule has 4 rings (SSSR count). The first-order valence-electron chi connectivity index (χ1n) is 7.84. The van der Waals surface area contributed by atoms with Crippen molar-refractivity contribution in [3.8, 4) is 0 Å². The molecule has 0 radical (unpaired) electrons. The highest BCUT2D eigenvalue weighted by molar-refractivity contribution is 7.98. The Balaban J connectivity index is 1.58. The summed E-state index contributed by atoms with van der Waals surface area (Å²) >= 11 is 7.75. The van der Waals surface area contributed by atoms with Gasteiger partial charge in [0.15, 0.2) is 5.16 Å². The van der Waals surface area contributed by atoms with E-state index in [-0.39, 0.29) is 0 Å². The molecule has 120 valence electrons. The first-order valence-corrected chi connectivity index (χ1v) is 9.20. The van der Waals surface area contributed by atoms with Gasteiger partial charge in [-0.2, -0.15) is 0 Å².